The first kappa shape index (κ1) is 31.7. The van der Waals surface area contributed by atoms with E-state index >= 15 is 0 Å². The average molecular weight is 633 g/mol. The Morgan fingerprint density at radius 3 is 2.29 bits per heavy atom. The summed E-state index contributed by atoms with van der Waals surface area (Å²) in [5, 5.41) is 3.67. The molecule has 1 unspecified atom stereocenters. The molecule has 2 amide bonds. The molecule has 1 saturated carbocycles. The summed E-state index contributed by atoms with van der Waals surface area (Å²) in [5.41, 5.74) is 1.70. The van der Waals surface area contributed by atoms with E-state index in [0.29, 0.717) is 16.3 Å². The molecule has 0 aromatic heterocycles. The van der Waals surface area contributed by atoms with Crippen molar-refractivity contribution in [3.05, 3.63) is 87.9 Å². The van der Waals surface area contributed by atoms with Crippen LogP contribution in [0.4, 0.5) is 5.69 Å². The number of aryl methyl sites for hydroxylation is 1. The zero-order valence-electron chi connectivity index (χ0n) is 23.8. The number of sulfonamides is 1. The lowest BCUT2D eigenvalue weighted by molar-refractivity contribution is -0.139. The molecule has 1 aliphatic rings. The third-order valence-electron chi connectivity index (χ3n) is 7.48. The van der Waals surface area contributed by atoms with Crippen LogP contribution in [-0.4, -0.2) is 50.9 Å². The topological polar surface area (TPSA) is 96.0 Å². The molecule has 4 rings (SSSR count). The zero-order chi connectivity index (χ0) is 30.4. The van der Waals surface area contributed by atoms with E-state index < -0.39 is 28.5 Å². The van der Waals surface area contributed by atoms with Crippen LogP contribution in [0.1, 0.15) is 43.7 Å². The third-order valence-corrected chi connectivity index (χ3v) is 9.93. The molecular formula is C31H35Cl2N3O5S. The molecule has 8 nitrogen and oxygen atoms in total. The van der Waals surface area contributed by atoms with Crippen molar-refractivity contribution in [1.82, 2.24) is 10.2 Å². The molecule has 0 aliphatic heterocycles. The van der Waals surface area contributed by atoms with Gasteiger partial charge in [-0.15, -0.1) is 0 Å². The van der Waals surface area contributed by atoms with Crippen molar-refractivity contribution in [2.24, 2.45) is 0 Å². The van der Waals surface area contributed by atoms with Gasteiger partial charge in [-0.25, -0.2) is 8.42 Å². The Kier molecular flexibility index (Phi) is 10.4. The second-order valence-electron chi connectivity index (χ2n) is 10.4. The van der Waals surface area contributed by atoms with Crippen LogP contribution in [0.25, 0.3) is 0 Å². The van der Waals surface area contributed by atoms with Crippen LogP contribution >= 0.6 is 23.2 Å². The van der Waals surface area contributed by atoms with Gasteiger partial charge in [-0.05, 0) is 68.7 Å². The van der Waals surface area contributed by atoms with E-state index in [2.05, 4.69) is 5.32 Å². The smallest absolute Gasteiger partial charge is 0.264 e. The number of carbonyl (C=O) groups is 2. The second-order valence-corrected chi connectivity index (χ2v) is 13.1. The highest BCUT2D eigenvalue weighted by atomic mass is 35.5. The number of nitrogens with one attached hydrogen (secondary N) is 1. The van der Waals surface area contributed by atoms with Crippen LogP contribution in [0, 0.1) is 6.92 Å². The summed E-state index contributed by atoms with van der Waals surface area (Å²) >= 11 is 12.8. The van der Waals surface area contributed by atoms with Crippen molar-refractivity contribution in [2.75, 3.05) is 18.0 Å². The largest absolute Gasteiger partial charge is 0.495 e. The molecule has 42 heavy (non-hydrogen) atoms. The molecule has 0 heterocycles. The zero-order valence-corrected chi connectivity index (χ0v) is 26.2. The number of anilines is 1. The lowest BCUT2D eigenvalue weighted by atomic mass is 10.1. The summed E-state index contributed by atoms with van der Waals surface area (Å²) in [7, 11) is -2.77. The fraction of sp³-hybridized carbons (Fsp3) is 0.355. The maximum atomic E-state index is 14.1. The predicted molar refractivity (Wildman–Crippen MR) is 166 cm³/mol. The summed E-state index contributed by atoms with van der Waals surface area (Å²) in [6, 6.07) is 17.1. The maximum Gasteiger partial charge on any atom is 0.264 e. The van der Waals surface area contributed by atoms with Crippen LogP contribution in [0.3, 0.4) is 0 Å². The fourth-order valence-corrected chi connectivity index (χ4v) is 6.81. The average Bonchev–Trinajstić information content (AvgIpc) is 3.48. The molecule has 0 spiro atoms. The lowest BCUT2D eigenvalue weighted by Crippen LogP contribution is -2.52. The van der Waals surface area contributed by atoms with Gasteiger partial charge in [0.1, 0.15) is 18.3 Å². The van der Waals surface area contributed by atoms with Gasteiger partial charge < -0.3 is 15.0 Å². The second kappa shape index (κ2) is 13.8. The summed E-state index contributed by atoms with van der Waals surface area (Å²) < 4.78 is 34.2. The number of ether oxygens (including phenoxy) is 1. The van der Waals surface area contributed by atoms with Crippen LogP contribution in [-0.2, 0) is 26.2 Å². The maximum absolute atomic E-state index is 14.1. The van der Waals surface area contributed by atoms with Gasteiger partial charge in [0.2, 0.25) is 11.8 Å². The quantitative estimate of drug-likeness (QED) is 0.281. The van der Waals surface area contributed by atoms with Crippen LogP contribution in [0.15, 0.2) is 71.6 Å². The normalized spacial score (nSPS) is 14.3. The Balaban J connectivity index is 1.72. The van der Waals surface area contributed by atoms with Crippen molar-refractivity contribution in [3.8, 4) is 5.75 Å². The molecule has 1 N–H and O–H groups in total. The van der Waals surface area contributed by atoms with Crippen molar-refractivity contribution in [2.45, 2.75) is 63.1 Å². The van der Waals surface area contributed by atoms with Crippen molar-refractivity contribution < 1.29 is 22.7 Å². The van der Waals surface area contributed by atoms with Gasteiger partial charge in [0, 0.05) is 17.6 Å². The summed E-state index contributed by atoms with van der Waals surface area (Å²) in [4.78, 5) is 28.8. The highest BCUT2D eigenvalue weighted by Crippen LogP contribution is 2.32. The predicted octanol–water partition coefficient (Wildman–Crippen LogP) is 5.98. The minimum Gasteiger partial charge on any atom is -0.495 e. The first-order chi connectivity index (χ1) is 20.0. The van der Waals surface area contributed by atoms with Crippen molar-refractivity contribution in [3.63, 3.8) is 0 Å². The Labute approximate surface area is 257 Å². The van der Waals surface area contributed by atoms with E-state index in [1.54, 1.807) is 49.4 Å². The molecule has 3 aromatic rings. The molecule has 0 saturated heterocycles. The number of benzene rings is 3. The number of methoxy groups -OCH3 is 1. The van der Waals surface area contributed by atoms with Crippen molar-refractivity contribution in [1.29, 1.82) is 0 Å². The molecule has 11 heteroatoms. The Hall–Kier alpha value is -3.27. The number of hydrogen-bond donors (Lipinski definition) is 1. The summed E-state index contributed by atoms with van der Waals surface area (Å²) in [6.07, 6.45) is 3.85. The van der Waals surface area contributed by atoms with E-state index in [4.69, 9.17) is 27.9 Å². The first-order valence-electron chi connectivity index (χ1n) is 13.8. The molecule has 3 aromatic carbocycles. The van der Waals surface area contributed by atoms with E-state index in [1.807, 2.05) is 6.92 Å². The van der Waals surface area contributed by atoms with E-state index in [9.17, 15) is 18.0 Å². The minimum atomic E-state index is -4.22. The molecule has 1 atom stereocenters. The minimum absolute atomic E-state index is 0.0116. The fourth-order valence-electron chi connectivity index (χ4n) is 4.96. The van der Waals surface area contributed by atoms with E-state index in [-0.39, 0.29) is 34.1 Å². The van der Waals surface area contributed by atoms with Gasteiger partial charge in [0.15, 0.2) is 0 Å². The highest BCUT2D eigenvalue weighted by molar-refractivity contribution is 7.92. The molecular weight excluding hydrogens is 597 g/mol. The number of halogens is 2. The van der Waals surface area contributed by atoms with Crippen LogP contribution < -0.4 is 14.4 Å². The van der Waals surface area contributed by atoms with Crippen molar-refractivity contribution >= 4 is 50.7 Å². The Morgan fingerprint density at radius 2 is 1.67 bits per heavy atom. The number of rotatable bonds is 11. The number of nitrogens with zero attached hydrogens (tertiary/aromatic N) is 2. The number of amides is 2. The van der Waals surface area contributed by atoms with Gasteiger partial charge in [0.25, 0.3) is 10.0 Å². The number of hydrogen-bond acceptors (Lipinski definition) is 5. The van der Waals surface area contributed by atoms with Gasteiger partial charge in [-0.2, -0.15) is 0 Å². The molecule has 224 valence electrons. The van der Waals surface area contributed by atoms with Crippen LogP contribution in [0.2, 0.25) is 10.0 Å². The monoisotopic (exact) mass is 631 g/mol. The van der Waals surface area contributed by atoms with E-state index in [1.165, 1.54) is 36.3 Å². The summed E-state index contributed by atoms with van der Waals surface area (Å²) in [5.74, 6) is -0.522. The van der Waals surface area contributed by atoms with Gasteiger partial charge >= 0.3 is 0 Å². The standard InChI is InChI=1S/C31H35Cl2N3O5S/c1-21-12-15-26(16-13-21)42(39,40)36(25-14-17-29(41-3)28(33)18-25)20-30(37)35(19-23-8-4-7-11-27(23)32)22(2)31(38)34-24-9-5-6-10-24/h4,7-8,11-18,22,24H,5-6,9-10,19-20H2,1-3H3,(H,34,38). The molecule has 0 radical (unpaired) electrons. The Bertz CT molecular complexity index is 1530. The Morgan fingerprint density at radius 1 is 1.00 bits per heavy atom. The molecule has 1 aliphatic carbocycles. The van der Waals surface area contributed by atoms with Gasteiger partial charge in [0.05, 0.1) is 22.7 Å². The van der Waals surface area contributed by atoms with Gasteiger partial charge in [-0.1, -0.05) is 71.9 Å². The van der Waals surface area contributed by atoms with Gasteiger partial charge in [-0.3, -0.25) is 13.9 Å². The molecule has 0 bridgehead atoms. The highest BCUT2D eigenvalue weighted by Gasteiger charge is 2.34. The lowest BCUT2D eigenvalue weighted by Gasteiger charge is -2.32. The summed E-state index contributed by atoms with van der Waals surface area (Å²) in [6.45, 7) is 2.93. The molecule has 1 fully saturated rings. The third kappa shape index (κ3) is 7.38. The SMILES string of the molecule is COc1ccc(N(CC(=O)N(Cc2ccccc2Cl)C(C)C(=O)NC2CCCC2)S(=O)(=O)c2ccc(C)cc2)cc1Cl. The first-order valence-corrected chi connectivity index (χ1v) is 16.0. The number of carbonyl (C=O) groups excluding carboxylic acids is 2. The van der Waals surface area contributed by atoms with E-state index in [0.717, 1.165) is 35.6 Å². The van der Waals surface area contributed by atoms with Crippen LogP contribution in [0.5, 0.6) is 5.75 Å².